The van der Waals surface area contributed by atoms with Gasteiger partial charge in [0.15, 0.2) is 0 Å². The van der Waals surface area contributed by atoms with Gasteiger partial charge in [-0.15, -0.1) is 10.2 Å². The molecule has 4 rings (SSSR count). The molecule has 6 nitrogen and oxygen atoms in total. The number of aryl methyl sites for hydroxylation is 2. The molecule has 0 saturated carbocycles. The molecule has 0 aliphatic carbocycles. The molecule has 30 heavy (non-hydrogen) atoms. The Morgan fingerprint density at radius 1 is 1.07 bits per heavy atom. The summed E-state index contributed by atoms with van der Waals surface area (Å²) in [5, 5.41) is 10.5. The van der Waals surface area contributed by atoms with Gasteiger partial charge in [0, 0.05) is 24.6 Å². The first-order valence-corrected chi connectivity index (χ1v) is 12.2. The van der Waals surface area contributed by atoms with Gasteiger partial charge in [-0.3, -0.25) is 0 Å². The first-order valence-electron chi connectivity index (χ1n) is 9.93. The van der Waals surface area contributed by atoms with Gasteiger partial charge < -0.3 is 4.74 Å². The Labute approximate surface area is 181 Å². The lowest BCUT2D eigenvalue weighted by atomic mass is 10.0. The van der Waals surface area contributed by atoms with Crippen molar-refractivity contribution in [3.05, 3.63) is 58.6 Å². The highest BCUT2D eigenvalue weighted by Crippen LogP contribution is 2.35. The summed E-state index contributed by atoms with van der Waals surface area (Å²) in [6.45, 7) is 4.90. The van der Waals surface area contributed by atoms with Gasteiger partial charge in [0.25, 0.3) is 0 Å². The number of rotatable bonds is 5. The molecule has 1 atom stereocenters. The number of aromatic nitrogens is 2. The van der Waals surface area contributed by atoms with E-state index < -0.39 is 10.0 Å². The normalized spacial score (nSPS) is 17.8. The van der Waals surface area contributed by atoms with Crippen molar-refractivity contribution in [1.29, 1.82) is 0 Å². The van der Waals surface area contributed by atoms with Crippen LogP contribution in [0.1, 0.15) is 34.9 Å². The van der Waals surface area contributed by atoms with Crippen molar-refractivity contribution in [3.8, 4) is 16.3 Å². The van der Waals surface area contributed by atoms with E-state index >= 15 is 0 Å². The van der Waals surface area contributed by atoms with Crippen molar-refractivity contribution in [3.63, 3.8) is 0 Å². The summed E-state index contributed by atoms with van der Waals surface area (Å²) in [5.74, 6) is 0.854. The zero-order valence-electron chi connectivity index (χ0n) is 17.3. The van der Waals surface area contributed by atoms with E-state index in [4.69, 9.17) is 4.74 Å². The third kappa shape index (κ3) is 4.12. The molecule has 1 saturated heterocycles. The minimum atomic E-state index is -3.52. The summed E-state index contributed by atoms with van der Waals surface area (Å²) in [4.78, 5) is 0.363. The molecule has 2 aromatic carbocycles. The van der Waals surface area contributed by atoms with Crippen LogP contribution in [0.5, 0.6) is 5.75 Å². The fraction of sp³-hybridized carbons (Fsp3) is 0.364. The highest BCUT2D eigenvalue weighted by atomic mass is 32.2. The second kappa shape index (κ2) is 8.45. The van der Waals surface area contributed by atoms with Gasteiger partial charge in [-0.1, -0.05) is 17.4 Å². The quantitative estimate of drug-likeness (QED) is 0.584. The van der Waals surface area contributed by atoms with Crippen LogP contribution in [0, 0.1) is 13.8 Å². The monoisotopic (exact) mass is 443 g/mol. The fourth-order valence-electron chi connectivity index (χ4n) is 3.64. The zero-order valence-corrected chi connectivity index (χ0v) is 19.0. The van der Waals surface area contributed by atoms with Crippen LogP contribution in [-0.2, 0) is 10.0 Å². The summed E-state index contributed by atoms with van der Waals surface area (Å²) >= 11 is 1.53. The third-order valence-corrected chi connectivity index (χ3v) is 8.62. The van der Waals surface area contributed by atoms with Crippen LogP contribution >= 0.6 is 11.3 Å². The van der Waals surface area contributed by atoms with E-state index in [1.807, 2.05) is 44.2 Å². The average molecular weight is 444 g/mol. The van der Waals surface area contributed by atoms with Gasteiger partial charge in [-0.25, -0.2) is 8.42 Å². The lowest BCUT2D eigenvalue weighted by Gasteiger charge is -2.30. The van der Waals surface area contributed by atoms with Crippen LogP contribution < -0.4 is 4.74 Å². The number of hydrogen-bond donors (Lipinski definition) is 0. The first-order chi connectivity index (χ1) is 14.4. The SMILES string of the molecule is COc1ccc(-c2nnc(C3CCCN(S(=O)(=O)c4ccc(C)c(C)c4)C3)s2)cc1. The van der Waals surface area contributed by atoms with Crippen LogP contribution in [-0.4, -0.2) is 43.1 Å². The first kappa shape index (κ1) is 21.0. The van der Waals surface area contributed by atoms with Crippen molar-refractivity contribution in [2.75, 3.05) is 20.2 Å². The maximum absolute atomic E-state index is 13.2. The van der Waals surface area contributed by atoms with Crippen LogP contribution in [0.2, 0.25) is 0 Å². The Hall–Kier alpha value is -2.29. The maximum Gasteiger partial charge on any atom is 0.243 e. The van der Waals surface area contributed by atoms with Gasteiger partial charge >= 0.3 is 0 Å². The summed E-state index contributed by atoms with van der Waals surface area (Å²) in [5.41, 5.74) is 3.05. The molecular formula is C22H25N3O3S2. The molecule has 2 heterocycles. The highest BCUT2D eigenvalue weighted by molar-refractivity contribution is 7.89. The van der Waals surface area contributed by atoms with Gasteiger partial charge in [0.1, 0.15) is 15.8 Å². The molecule has 0 amide bonds. The Kier molecular flexibility index (Phi) is 5.90. The molecule has 0 N–H and O–H groups in total. The van der Waals surface area contributed by atoms with E-state index in [0.29, 0.717) is 18.0 Å². The summed E-state index contributed by atoms with van der Waals surface area (Å²) in [6, 6.07) is 13.1. The molecule has 8 heteroatoms. The van der Waals surface area contributed by atoms with Gasteiger partial charge in [0.05, 0.1) is 12.0 Å². The van der Waals surface area contributed by atoms with Crippen LogP contribution in [0.3, 0.4) is 0 Å². The van der Waals surface area contributed by atoms with Crippen molar-refractivity contribution in [1.82, 2.24) is 14.5 Å². The largest absolute Gasteiger partial charge is 0.497 e. The number of methoxy groups -OCH3 is 1. The second-order valence-corrected chi connectivity index (χ2v) is 10.6. The number of piperidine rings is 1. The molecule has 1 aromatic heterocycles. The van der Waals surface area contributed by atoms with E-state index in [9.17, 15) is 8.42 Å². The van der Waals surface area contributed by atoms with E-state index in [1.54, 1.807) is 23.5 Å². The molecule has 1 aliphatic heterocycles. The smallest absolute Gasteiger partial charge is 0.243 e. The number of nitrogens with zero attached hydrogens (tertiary/aromatic N) is 3. The summed E-state index contributed by atoms with van der Waals surface area (Å²) in [6.07, 6.45) is 1.72. The Morgan fingerprint density at radius 2 is 1.83 bits per heavy atom. The standard InChI is InChI=1S/C22H25N3O3S2/c1-15-6-11-20(13-16(15)2)30(26,27)25-12-4-5-18(14-25)22-24-23-21(29-22)17-7-9-19(28-3)10-8-17/h6-11,13,18H,4-5,12,14H2,1-3H3. The van der Waals surface area contributed by atoms with Crippen molar-refractivity contribution >= 4 is 21.4 Å². The predicted octanol–water partition coefficient (Wildman–Crippen LogP) is 4.40. The number of ether oxygens (including phenoxy) is 1. The molecule has 1 aliphatic rings. The molecule has 1 fully saturated rings. The Balaban J connectivity index is 1.54. The predicted molar refractivity (Wildman–Crippen MR) is 119 cm³/mol. The van der Waals surface area contributed by atoms with Crippen LogP contribution in [0.4, 0.5) is 0 Å². The Morgan fingerprint density at radius 3 is 2.53 bits per heavy atom. The van der Waals surface area contributed by atoms with Gasteiger partial charge in [-0.05, 0) is 74.2 Å². The van der Waals surface area contributed by atoms with E-state index in [2.05, 4.69) is 10.2 Å². The Bertz CT molecular complexity index is 1140. The van der Waals surface area contributed by atoms with E-state index in [0.717, 1.165) is 45.3 Å². The molecule has 0 spiro atoms. The maximum atomic E-state index is 13.2. The molecular weight excluding hydrogens is 418 g/mol. The van der Waals surface area contributed by atoms with E-state index in [1.165, 1.54) is 11.3 Å². The number of benzene rings is 2. The molecule has 0 radical (unpaired) electrons. The number of hydrogen-bond acceptors (Lipinski definition) is 6. The van der Waals surface area contributed by atoms with Crippen molar-refractivity contribution in [2.24, 2.45) is 0 Å². The summed E-state index contributed by atoms with van der Waals surface area (Å²) in [7, 11) is -1.88. The van der Waals surface area contributed by atoms with Gasteiger partial charge in [0.2, 0.25) is 10.0 Å². The van der Waals surface area contributed by atoms with Crippen LogP contribution in [0.15, 0.2) is 47.4 Å². The highest BCUT2D eigenvalue weighted by Gasteiger charge is 2.32. The molecule has 1 unspecified atom stereocenters. The van der Waals surface area contributed by atoms with Crippen molar-refractivity contribution in [2.45, 2.75) is 37.5 Å². The molecule has 0 bridgehead atoms. The topological polar surface area (TPSA) is 72.4 Å². The number of sulfonamides is 1. The fourth-order valence-corrected chi connectivity index (χ4v) is 6.22. The lowest BCUT2D eigenvalue weighted by Crippen LogP contribution is -2.39. The van der Waals surface area contributed by atoms with E-state index in [-0.39, 0.29) is 5.92 Å². The molecule has 158 valence electrons. The average Bonchev–Trinajstić information content (AvgIpc) is 3.26. The van der Waals surface area contributed by atoms with Crippen molar-refractivity contribution < 1.29 is 13.2 Å². The van der Waals surface area contributed by atoms with Gasteiger partial charge in [-0.2, -0.15) is 4.31 Å². The zero-order chi connectivity index (χ0) is 21.3. The minimum absolute atomic E-state index is 0.0598. The van der Waals surface area contributed by atoms with Crippen LogP contribution in [0.25, 0.3) is 10.6 Å². The third-order valence-electron chi connectivity index (χ3n) is 5.63. The second-order valence-electron chi connectivity index (χ2n) is 7.62. The summed E-state index contributed by atoms with van der Waals surface area (Å²) < 4.78 is 33.2. The minimum Gasteiger partial charge on any atom is -0.497 e. The lowest BCUT2D eigenvalue weighted by molar-refractivity contribution is 0.314. The molecule has 3 aromatic rings.